The van der Waals surface area contributed by atoms with Crippen LogP contribution < -0.4 is 5.32 Å². The molecule has 0 bridgehead atoms. The molecule has 1 aromatic rings. The van der Waals surface area contributed by atoms with Crippen molar-refractivity contribution >= 4 is 40.9 Å². The van der Waals surface area contributed by atoms with Crippen LogP contribution >= 0.6 is 35.0 Å². The van der Waals surface area contributed by atoms with Crippen LogP contribution in [0.4, 0.5) is 0 Å². The van der Waals surface area contributed by atoms with Gasteiger partial charge in [0.1, 0.15) is 0 Å². The predicted molar refractivity (Wildman–Crippen MR) is 75.8 cm³/mol. The minimum atomic E-state index is 0.00922. The highest BCUT2D eigenvalue weighted by atomic mass is 35.5. The van der Waals surface area contributed by atoms with Gasteiger partial charge in [-0.1, -0.05) is 35.3 Å². The highest BCUT2D eigenvalue weighted by Gasteiger charge is 2.02. The van der Waals surface area contributed by atoms with Crippen LogP contribution in [0.15, 0.2) is 30.9 Å². The molecule has 1 N–H and O–H groups in total. The molecular weight excluding hydrogens is 277 g/mol. The minimum Gasteiger partial charge on any atom is -0.352 e. The Bertz CT molecular complexity index is 409. The average Bonchev–Trinajstić information content (AvgIpc) is 2.31. The van der Waals surface area contributed by atoms with Crippen molar-refractivity contribution in [1.82, 2.24) is 5.32 Å². The standard InChI is InChI=1S/C12H13Cl2NOS/c1-2-5-15-12(16)8-17-7-9-3-4-10(13)11(14)6-9/h2-4,6H,1,5,7-8H2,(H,15,16). The second kappa shape index (κ2) is 7.64. The van der Waals surface area contributed by atoms with E-state index in [1.165, 1.54) is 11.8 Å². The van der Waals surface area contributed by atoms with E-state index in [4.69, 9.17) is 23.2 Å². The van der Waals surface area contributed by atoms with Crippen molar-refractivity contribution in [1.29, 1.82) is 0 Å². The summed E-state index contributed by atoms with van der Waals surface area (Å²) in [7, 11) is 0. The first-order chi connectivity index (χ1) is 8.13. The van der Waals surface area contributed by atoms with E-state index in [9.17, 15) is 4.79 Å². The Morgan fingerprint density at radius 3 is 2.82 bits per heavy atom. The Balaban J connectivity index is 2.33. The summed E-state index contributed by atoms with van der Waals surface area (Å²) >= 11 is 13.2. The third-order valence-electron chi connectivity index (χ3n) is 1.93. The maximum Gasteiger partial charge on any atom is 0.230 e. The van der Waals surface area contributed by atoms with Crippen LogP contribution in [0.3, 0.4) is 0 Å². The molecule has 0 spiro atoms. The van der Waals surface area contributed by atoms with E-state index in [1.807, 2.05) is 12.1 Å². The van der Waals surface area contributed by atoms with Crippen molar-refractivity contribution in [2.24, 2.45) is 0 Å². The number of rotatable bonds is 6. The zero-order valence-electron chi connectivity index (χ0n) is 9.21. The summed E-state index contributed by atoms with van der Waals surface area (Å²) in [5, 5.41) is 3.80. The van der Waals surface area contributed by atoms with Crippen molar-refractivity contribution in [2.45, 2.75) is 5.75 Å². The second-order valence-corrected chi connectivity index (χ2v) is 5.13. The summed E-state index contributed by atoms with van der Waals surface area (Å²) in [5.41, 5.74) is 1.06. The first-order valence-electron chi connectivity index (χ1n) is 5.02. The van der Waals surface area contributed by atoms with Gasteiger partial charge in [-0.25, -0.2) is 0 Å². The molecule has 1 rings (SSSR count). The molecule has 0 unspecified atom stereocenters. The third kappa shape index (κ3) is 5.48. The fraction of sp³-hybridized carbons (Fsp3) is 0.250. The molecule has 0 aliphatic carbocycles. The van der Waals surface area contributed by atoms with Crippen LogP contribution in [0.5, 0.6) is 0 Å². The van der Waals surface area contributed by atoms with E-state index in [-0.39, 0.29) is 5.91 Å². The van der Waals surface area contributed by atoms with Crippen LogP contribution in [0, 0.1) is 0 Å². The Hall–Kier alpha value is -0.640. The van der Waals surface area contributed by atoms with Crippen LogP contribution in [0.2, 0.25) is 10.0 Å². The largest absolute Gasteiger partial charge is 0.352 e. The highest BCUT2D eigenvalue weighted by Crippen LogP contribution is 2.24. The number of amides is 1. The molecule has 0 aromatic heterocycles. The van der Waals surface area contributed by atoms with Gasteiger partial charge in [-0.15, -0.1) is 18.3 Å². The summed E-state index contributed by atoms with van der Waals surface area (Å²) in [5.74, 6) is 1.17. The molecule has 0 saturated carbocycles. The molecule has 1 aromatic carbocycles. The van der Waals surface area contributed by atoms with Crippen LogP contribution in [-0.4, -0.2) is 18.2 Å². The molecular formula is C12H13Cl2NOS. The number of hydrogen-bond acceptors (Lipinski definition) is 2. The summed E-state index contributed by atoms with van der Waals surface area (Å²) in [6.45, 7) is 4.04. The molecule has 0 fully saturated rings. The van der Waals surface area contributed by atoms with Gasteiger partial charge in [0.2, 0.25) is 5.91 Å². The molecule has 2 nitrogen and oxygen atoms in total. The van der Waals surface area contributed by atoms with Gasteiger partial charge in [-0.3, -0.25) is 4.79 Å². The molecule has 5 heteroatoms. The van der Waals surface area contributed by atoms with Crippen LogP contribution in [0.1, 0.15) is 5.56 Å². The normalized spacial score (nSPS) is 10.0. The van der Waals surface area contributed by atoms with Crippen LogP contribution in [0.25, 0.3) is 0 Å². The van der Waals surface area contributed by atoms with Gasteiger partial charge < -0.3 is 5.32 Å². The molecule has 0 radical (unpaired) electrons. The number of hydrogen-bond donors (Lipinski definition) is 1. The molecule has 0 aliphatic rings. The maximum atomic E-state index is 11.3. The number of thioether (sulfide) groups is 1. The van der Waals surface area contributed by atoms with E-state index < -0.39 is 0 Å². The molecule has 0 heterocycles. The summed E-state index contributed by atoms with van der Waals surface area (Å²) in [6, 6.07) is 5.49. The summed E-state index contributed by atoms with van der Waals surface area (Å²) in [6.07, 6.45) is 1.65. The van der Waals surface area contributed by atoms with Crippen molar-refractivity contribution in [3.63, 3.8) is 0 Å². The lowest BCUT2D eigenvalue weighted by molar-refractivity contribution is -0.118. The minimum absolute atomic E-state index is 0.00922. The Morgan fingerprint density at radius 2 is 2.18 bits per heavy atom. The molecule has 0 atom stereocenters. The topological polar surface area (TPSA) is 29.1 Å². The number of carbonyl (C=O) groups is 1. The van der Waals surface area contributed by atoms with Gasteiger partial charge in [-0.2, -0.15) is 0 Å². The van der Waals surface area contributed by atoms with Crippen molar-refractivity contribution in [3.05, 3.63) is 46.5 Å². The highest BCUT2D eigenvalue weighted by molar-refractivity contribution is 7.99. The first-order valence-corrected chi connectivity index (χ1v) is 6.94. The van der Waals surface area contributed by atoms with E-state index in [2.05, 4.69) is 11.9 Å². The summed E-state index contributed by atoms with van der Waals surface area (Å²) in [4.78, 5) is 11.3. The molecule has 17 heavy (non-hydrogen) atoms. The smallest absolute Gasteiger partial charge is 0.230 e. The fourth-order valence-electron chi connectivity index (χ4n) is 1.13. The molecule has 0 aliphatic heterocycles. The van der Waals surface area contributed by atoms with Crippen molar-refractivity contribution < 1.29 is 4.79 Å². The Morgan fingerprint density at radius 1 is 1.41 bits per heavy atom. The van der Waals surface area contributed by atoms with Gasteiger partial charge in [0, 0.05) is 12.3 Å². The zero-order chi connectivity index (χ0) is 12.7. The molecule has 92 valence electrons. The van der Waals surface area contributed by atoms with Gasteiger partial charge >= 0.3 is 0 Å². The van der Waals surface area contributed by atoms with Gasteiger partial charge in [0.25, 0.3) is 0 Å². The van der Waals surface area contributed by atoms with Gasteiger partial charge in [0.15, 0.2) is 0 Å². The van der Waals surface area contributed by atoms with E-state index in [0.717, 1.165) is 11.3 Å². The van der Waals surface area contributed by atoms with E-state index in [1.54, 1.807) is 12.1 Å². The predicted octanol–water partition coefficient (Wildman–Crippen LogP) is 3.53. The van der Waals surface area contributed by atoms with Crippen LogP contribution in [-0.2, 0) is 10.5 Å². The lowest BCUT2D eigenvalue weighted by Gasteiger charge is -2.04. The SMILES string of the molecule is C=CCNC(=O)CSCc1ccc(Cl)c(Cl)c1. The second-order valence-electron chi connectivity index (χ2n) is 3.33. The average molecular weight is 290 g/mol. The number of carbonyl (C=O) groups excluding carboxylic acids is 1. The van der Waals surface area contributed by atoms with E-state index >= 15 is 0 Å². The summed E-state index contributed by atoms with van der Waals surface area (Å²) < 4.78 is 0. The fourth-order valence-corrected chi connectivity index (χ4v) is 2.25. The first kappa shape index (κ1) is 14.4. The zero-order valence-corrected chi connectivity index (χ0v) is 11.5. The lowest BCUT2D eigenvalue weighted by Crippen LogP contribution is -2.24. The number of halogens is 2. The monoisotopic (exact) mass is 289 g/mol. The number of nitrogens with one attached hydrogen (secondary N) is 1. The number of benzene rings is 1. The third-order valence-corrected chi connectivity index (χ3v) is 3.67. The van der Waals surface area contributed by atoms with Crippen molar-refractivity contribution in [3.8, 4) is 0 Å². The lowest BCUT2D eigenvalue weighted by atomic mass is 10.2. The Labute approximate surface area is 115 Å². The van der Waals surface area contributed by atoms with Crippen molar-refractivity contribution in [2.75, 3.05) is 12.3 Å². The molecule has 1 amide bonds. The molecule has 0 saturated heterocycles. The Kier molecular flexibility index (Phi) is 6.48. The van der Waals surface area contributed by atoms with Gasteiger partial charge in [0.05, 0.1) is 15.8 Å². The van der Waals surface area contributed by atoms with E-state index in [0.29, 0.717) is 22.3 Å². The quantitative estimate of drug-likeness (QED) is 0.812. The van der Waals surface area contributed by atoms with Gasteiger partial charge in [-0.05, 0) is 17.7 Å². The maximum absolute atomic E-state index is 11.3.